The van der Waals surface area contributed by atoms with Gasteiger partial charge >= 0.3 is 0 Å². The summed E-state index contributed by atoms with van der Waals surface area (Å²) in [5, 5.41) is 8.80. The van der Waals surface area contributed by atoms with Crippen LogP contribution in [-0.2, 0) is 0 Å². The molecule has 0 spiro atoms. The molecule has 0 radical (unpaired) electrons. The lowest BCUT2D eigenvalue weighted by atomic mass is 10.1. The third-order valence-corrected chi connectivity index (χ3v) is 3.25. The Hall–Kier alpha value is -1.79. The van der Waals surface area contributed by atoms with Crippen LogP contribution in [0.3, 0.4) is 0 Å². The molecule has 0 aromatic heterocycles. The van der Waals surface area contributed by atoms with E-state index in [9.17, 15) is 0 Å². The number of nitriles is 1. The highest BCUT2D eigenvalue weighted by Gasteiger charge is 2.09. The highest BCUT2D eigenvalue weighted by Crippen LogP contribution is 2.30. The van der Waals surface area contributed by atoms with E-state index in [2.05, 4.69) is 22.0 Å². The second-order valence-electron chi connectivity index (χ2n) is 3.93. The van der Waals surface area contributed by atoms with Crippen molar-refractivity contribution in [2.75, 3.05) is 0 Å². The lowest BCUT2D eigenvalue weighted by molar-refractivity contribution is 0.225. The smallest absolute Gasteiger partial charge is 0.134 e. The molecule has 1 atom stereocenters. The standard InChI is InChI=1S/C15H12BrNO/c1-11(13-5-3-2-4-6-13)18-15-8-7-12(10-17)9-14(15)16/h2-9,11H,1H3. The van der Waals surface area contributed by atoms with E-state index in [1.807, 2.05) is 43.3 Å². The van der Waals surface area contributed by atoms with Crippen molar-refractivity contribution in [3.05, 3.63) is 64.1 Å². The van der Waals surface area contributed by atoms with Crippen LogP contribution in [-0.4, -0.2) is 0 Å². The number of nitrogens with zero attached hydrogens (tertiary/aromatic N) is 1. The number of halogens is 1. The molecule has 0 aliphatic rings. The Bertz CT molecular complexity index is 575. The van der Waals surface area contributed by atoms with Gasteiger partial charge in [-0.1, -0.05) is 30.3 Å². The van der Waals surface area contributed by atoms with Crippen LogP contribution in [0.4, 0.5) is 0 Å². The molecule has 2 rings (SSSR count). The third-order valence-electron chi connectivity index (χ3n) is 2.63. The van der Waals surface area contributed by atoms with Gasteiger partial charge in [0.2, 0.25) is 0 Å². The van der Waals surface area contributed by atoms with Gasteiger partial charge < -0.3 is 4.74 Å². The van der Waals surface area contributed by atoms with Gasteiger partial charge in [0.05, 0.1) is 16.1 Å². The van der Waals surface area contributed by atoms with E-state index in [-0.39, 0.29) is 6.10 Å². The molecule has 18 heavy (non-hydrogen) atoms. The Morgan fingerprint density at radius 1 is 1.17 bits per heavy atom. The topological polar surface area (TPSA) is 33.0 Å². The largest absolute Gasteiger partial charge is 0.485 e. The third kappa shape index (κ3) is 2.91. The molecule has 0 saturated carbocycles. The van der Waals surface area contributed by atoms with E-state index in [0.717, 1.165) is 15.8 Å². The maximum atomic E-state index is 8.80. The van der Waals surface area contributed by atoms with Crippen molar-refractivity contribution in [2.45, 2.75) is 13.0 Å². The van der Waals surface area contributed by atoms with E-state index in [1.165, 1.54) is 0 Å². The van der Waals surface area contributed by atoms with Crippen LogP contribution in [0.5, 0.6) is 5.75 Å². The van der Waals surface area contributed by atoms with Crippen molar-refractivity contribution in [3.8, 4) is 11.8 Å². The maximum Gasteiger partial charge on any atom is 0.134 e. The van der Waals surface area contributed by atoms with Crippen molar-refractivity contribution in [1.29, 1.82) is 5.26 Å². The van der Waals surface area contributed by atoms with Crippen LogP contribution >= 0.6 is 15.9 Å². The minimum absolute atomic E-state index is 0.0320. The molecular formula is C15H12BrNO. The predicted octanol–water partition coefficient (Wildman–Crippen LogP) is 4.46. The summed E-state index contributed by atoms with van der Waals surface area (Å²) >= 11 is 3.41. The lowest BCUT2D eigenvalue weighted by Crippen LogP contribution is -2.03. The zero-order valence-electron chi connectivity index (χ0n) is 9.93. The van der Waals surface area contributed by atoms with Gasteiger partial charge in [0, 0.05) is 0 Å². The van der Waals surface area contributed by atoms with Gasteiger partial charge in [-0.05, 0) is 46.6 Å². The van der Waals surface area contributed by atoms with E-state index in [0.29, 0.717) is 5.56 Å². The molecule has 0 heterocycles. The average molecular weight is 302 g/mol. The van der Waals surface area contributed by atoms with Gasteiger partial charge in [-0.15, -0.1) is 0 Å². The molecule has 3 heteroatoms. The highest BCUT2D eigenvalue weighted by atomic mass is 79.9. The Kier molecular flexibility index (Phi) is 4.01. The van der Waals surface area contributed by atoms with E-state index < -0.39 is 0 Å². The van der Waals surface area contributed by atoms with Gasteiger partial charge in [-0.2, -0.15) is 5.26 Å². The first-order valence-electron chi connectivity index (χ1n) is 5.62. The van der Waals surface area contributed by atoms with Crippen LogP contribution in [0.1, 0.15) is 24.2 Å². The first kappa shape index (κ1) is 12.7. The molecule has 0 bridgehead atoms. The van der Waals surface area contributed by atoms with Gasteiger partial charge in [-0.3, -0.25) is 0 Å². The van der Waals surface area contributed by atoms with Crippen molar-refractivity contribution in [3.63, 3.8) is 0 Å². The molecule has 90 valence electrons. The molecular weight excluding hydrogens is 290 g/mol. The summed E-state index contributed by atoms with van der Waals surface area (Å²) in [5.41, 5.74) is 1.73. The van der Waals surface area contributed by atoms with Crippen LogP contribution in [0.15, 0.2) is 53.0 Å². The monoisotopic (exact) mass is 301 g/mol. The lowest BCUT2D eigenvalue weighted by Gasteiger charge is -2.16. The molecule has 2 aromatic carbocycles. The molecule has 1 unspecified atom stereocenters. The molecule has 0 aliphatic heterocycles. The molecule has 0 N–H and O–H groups in total. The maximum absolute atomic E-state index is 8.80. The van der Waals surface area contributed by atoms with Gasteiger partial charge in [0.15, 0.2) is 0 Å². The van der Waals surface area contributed by atoms with Gasteiger partial charge in [0.1, 0.15) is 11.9 Å². The van der Waals surface area contributed by atoms with Gasteiger partial charge in [0.25, 0.3) is 0 Å². The first-order valence-corrected chi connectivity index (χ1v) is 6.41. The van der Waals surface area contributed by atoms with Crippen LogP contribution < -0.4 is 4.74 Å². The quantitative estimate of drug-likeness (QED) is 0.838. The fourth-order valence-electron chi connectivity index (χ4n) is 1.65. The molecule has 0 fully saturated rings. The first-order chi connectivity index (χ1) is 8.70. The zero-order chi connectivity index (χ0) is 13.0. The van der Waals surface area contributed by atoms with E-state index in [1.54, 1.807) is 12.1 Å². The molecule has 0 aliphatic carbocycles. The number of ether oxygens (including phenoxy) is 1. The number of rotatable bonds is 3. The molecule has 2 aromatic rings. The summed E-state index contributed by atoms with van der Waals surface area (Å²) in [5.74, 6) is 0.741. The van der Waals surface area contributed by atoms with E-state index in [4.69, 9.17) is 10.00 Å². The average Bonchev–Trinajstić information content (AvgIpc) is 2.42. The van der Waals surface area contributed by atoms with Crippen molar-refractivity contribution in [1.82, 2.24) is 0 Å². The fourth-order valence-corrected chi connectivity index (χ4v) is 2.12. The van der Waals surface area contributed by atoms with Crippen LogP contribution in [0.25, 0.3) is 0 Å². The summed E-state index contributed by atoms with van der Waals surface area (Å²) < 4.78 is 6.67. The number of hydrogen-bond acceptors (Lipinski definition) is 2. The number of benzene rings is 2. The Morgan fingerprint density at radius 3 is 2.50 bits per heavy atom. The Morgan fingerprint density at radius 2 is 1.89 bits per heavy atom. The highest BCUT2D eigenvalue weighted by molar-refractivity contribution is 9.10. The second-order valence-corrected chi connectivity index (χ2v) is 4.78. The summed E-state index contributed by atoms with van der Waals surface area (Å²) in [7, 11) is 0. The van der Waals surface area contributed by atoms with Gasteiger partial charge in [-0.25, -0.2) is 0 Å². The van der Waals surface area contributed by atoms with Crippen molar-refractivity contribution >= 4 is 15.9 Å². The number of hydrogen-bond donors (Lipinski definition) is 0. The van der Waals surface area contributed by atoms with Crippen molar-refractivity contribution in [2.24, 2.45) is 0 Å². The van der Waals surface area contributed by atoms with Crippen LogP contribution in [0.2, 0.25) is 0 Å². The Balaban J connectivity index is 2.18. The van der Waals surface area contributed by atoms with Crippen molar-refractivity contribution < 1.29 is 4.74 Å². The molecule has 2 nitrogen and oxygen atoms in total. The predicted molar refractivity (Wildman–Crippen MR) is 74.3 cm³/mol. The minimum Gasteiger partial charge on any atom is -0.485 e. The summed E-state index contributed by atoms with van der Waals surface area (Å²) in [6.45, 7) is 2.00. The fraction of sp³-hybridized carbons (Fsp3) is 0.133. The summed E-state index contributed by atoms with van der Waals surface area (Å²) in [6.07, 6.45) is -0.0320. The zero-order valence-corrected chi connectivity index (χ0v) is 11.5. The Labute approximate surface area is 115 Å². The normalized spacial score (nSPS) is 11.6. The van der Waals surface area contributed by atoms with Crippen LogP contribution in [0, 0.1) is 11.3 Å². The SMILES string of the molecule is CC(Oc1ccc(C#N)cc1Br)c1ccccc1. The summed E-state index contributed by atoms with van der Waals surface area (Å²) in [4.78, 5) is 0. The molecule has 0 amide bonds. The minimum atomic E-state index is -0.0320. The van der Waals surface area contributed by atoms with E-state index >= 15 is 0 Å². The second kappa shape index (κ2) is 5.70. The molecule has 0 saturated heterocycles. The summed E-state index contributed by atoms with van der Waals surface area (Å²) in [6, 6.07) is 17.4.